The summed E-state index contributed by atoms with van der Waals surface area (Å²) in [6, 6.07) is 6.91. The van der Waals surface area contributed by atoms with Gasteiger partial charge < -0.3 is 5.32 Å². The van der Waals surface area contributed by atoms with Crippen LogP contribution in [0.5, 0.6) is 0 Å². The summed E-state index contributed by atoms with van der Waals surface area (Å²) in [7, 11) is 0. The summed E-state index contributed by atoms with van der Waals surface area (Å²) >= 11 is 0. The van der Waals surface area contributed by atoms with Crippen LogP contribution < -0.4 is 5.32 Å². The highest BCUT2D eigenvalue weighted by atomic mass is 15.2. The van der Waals surface area contributed by atoms with Crippen molar-refractivity contribution >= 4 is 0 Å². The molecule has 1 heterocycles. The van der Waals surface area contributed by atoms with E-state index < -0.39 is 0 Å². The third-order valence-corrected chi connectivity index (χ3v) is 4.79. The van der Waals surface area contributed by atoms with Crippen molar-refractivity contribution in [2.45, 2.75) is 52.5 Å². The number of benzene rings is 1. The van der Waals surface area contributed by atoms with Crippen molar-refractivity contribution in [1.82, 2.24) is 10.2 Å². The molecule has 1 aliphatic rings. The molecule has 0 spiro atoms. The van der Waals surface area contributed by atoms with Crippen LogP contribution in [0.3, 0.4) is 0 Å². The lowest BCUT2D eigenvalue weighted by Crippen LogP contribution is -2.46. The first-order valence-corrected chi connectivity index (χ1v) is 8.01. The first-order chi connectivity index (χ1) is 9.49. The highest BCUT2D eigenvalue weighted by Gasteiger charge is 2.26. The van der Waals surface area contributed by atoms with Crippen LogP contribution in [0.15, 0.2) is 18.2 Å². The molecule has 1 aromatic carbocycles. The fourth-order valence-electron chi connectivity index (χ4n) is 3.02. The summed E-state index contributed by atoms with van der Waals surface area (Å²) in [4.78, 5) is 2.66. The molecule has 20 heavy (non-hydrogen) atoms. The van der Waals surface area contributed by atoms with Crippen molar-refractivity contribution in [2.75, 3.05) is 26.2 Å². The normalized spacial score (nSPS) is 18.0. The minimum Gasteiger partial charge on any atom is -0.315 e. The molecule has 1 N–H and O–H groups in total. The molecule has 0 atom stereocenters. The Morgan fingerprint density at radius 2 is 1.90 bits per heavy atom. The quantitative estimate of drug-likeness (QED) is 0.906. The van der Waals surface area contributed by atoms with Crippen LogP contribution in [-0.2, 0) is 6.42 Å². The van der Waals surface area contributed by atoms with Gasteiger partial charge in [-0.05, 0) is 76.7 Å². The van der Waals surface area contributed by atoms with Crippen molar-refractivity contribution < 1.29 is 0 Å². The molecule has 0 aromatic heterocycles. The summed E-state index contributed by atoms with van der Waals surface area (Å²) in [6.07, 6.45) is 3.68. The first-order valence-electron chi connectivity index (χ1n) is 8.01. The number of nitrogens with one attached hydrogen (secondary N) is 1. The molecule has 1 fully saturated rings. The second kappa shape index (κ2) is 6.73. The molecule has 0 radical (unpaired) electrons. The number of hydrogen-bond acceptors (Lipinski definition) is 2. The van der Waals surface area contributed by atoms with E-state index in [0.717, 1.165) is 6.54 Å². The van der Waals surface area contributed by atoms with Gasteiger partial charge in [0.2, 0.25) is 0 Å². The Balaban J connectivity index is 1.95. The average molecular weight is 274 g/mol. The molecular weight excluding hydrogens is 244 g/mol. The molecule has 2 heteroatoms. The Hall–Kier alpha value is -0.860. The van der Waals surface area contributed by atoms with Gasteiger partial charge in [0.15, 0.2) is 0 Å². The van der Waals surface area contributed by atoms with Crippen LogP contribution in [-0.4, -0.2) is 36.6 Å². The van der Waals surface area contributed by atoms with E-state index in [1.165, 1.54) is 55.6 Å². The van der Waals surface area contributed by atoms with E-state index in [0.29, 0.717) is 5.54 Å². The first kappa shape index (κ1) is 15.5. The van der Waals surface area contributed by atoms with Crippen LogP contribution in [0.2, 0.25) is 0 Å². The predicted octanol–water partition coefficient (Wildman–Crippen LogP) is 3.31. The summed E-state index contributed by atoms with van der Waals surface area (Å²) in [5, 5.41) is 3.50. The molecule has 1 aromatic rings. The van der Waals surface area contributed by atoms with Gasteiger partial charge in [-0.25, -0.2) is 0 Å². The number of aryl methyl sites for hydroxylation is 3. The van der Waals surface area contributed by atoms with Crippen LogP contribution in [0, 0.1) is 13.8 Å². The Morgan fingerprint density at radius 1 is 1.10 bits per heavy atom. The van der Waals surface area contributed by atoms with E-state index in [1.807, 2.05) is 0 Å². The van der Waals surface area contributed by atoms with Gasteiger partial charge in [0.1, 0.15) is 0 Å². The second-order valence-corrected chi connectivity index (χ2v) is 6.82. The van der Waals surface area contributed by atoms with Gasteiger partial charge in [-0.15, -0.1) is 0 Å². The molecule has 0 bridgehead atoms. The number of nitrogens with zero attached hydrogens (tertiary/aromatic N) is 1. The molecule has 1 aliphatic heterocycles. The summed E-state index contributed by atoms with van der Waals surface area (Å²) in [6.45, 7) is 13.9. The topological polar surface area (TPSA) is 15.3 Å². The lowest BCUT2D eigenvalue weighted by atomic mass is 9.92. The Kier molecular flexibility index (Phi) is 5.22. The van der Waals surface area contributed by atoms with Gasteiger partial charge in [-0.1, -0.05) is 18.2 Å². The lowest BCUT2D eigenvalue weighted by molar-refractivity contribution is 0.120. The molecule has 0 amide bonds. The third-order valence-electron chi connectivity index (χ3n) is 4.79. The van der Waals surface area contributed by atoms with Gasteiger partial charge in [-0.2, -0.15) is 0 Å². The molecule has 112 valence electrons. The predicted molar refractivity (Wildman–Crippen MR) is 87.4 cm³/mol. The van der Waals surface area contributed by atoms with Crippen LogP contribution >= 0.6 is 0 Å². The number of rotatable bonds is 4. The zero-order chi connectivity index (χ0) is 14.6. The number of hydrogen-bond donors (Lipinski definition) is 1. The molecule has 0 saturated carbocycles. The minimum absolute atomic E-state index is 0.296. The van der Waals surface area contributed by atoms with E-state index in [9.17, 15) is 0 Å². The fraction of sp³-hybridized carbons (Fsp3) is 0.667. The lowest BCUT2D eigenvalue weighted by Gasteiger charge is -2.38. The largest absolute Gasteiger partial charge is 0.315 e. The Morgan fingerprint density at radius 3 is 2.65 bits per heavy atom. The highest BCUT2D eigenvalue weighted by molar-refractivity contribution is 5.30. The van der Waals surface area contributed by atoms with Crippen LogP contribution in [0.4, 0.5) is 0 Å². The van der Waals surface area contributed by atoms with Crippen LogP contribution in [0.25, 0.3) is 0 Å². The van der Waals surface area contributed by atoms with Crippen molar-refractivity contribution in [3.05, 3.63) is 34.9 Å². The Bertz CT molecular complexity index is 429. The maximum atomic E-state index is 3.50. The van der Waals surface area contributed by atoms with Gasteiger partial charge in [0, 0.05) is 18.6 Å². The minimum atomic E-state index is 0.296. The van der Waals surface area contributed by atoms with Crippen molar-refractivity contribution in [3.63, 3.8) is 0 Å². The summed E-state index contributed by atoms with van der Waals surface area (Å²) in [5.74, 6) is 0. The zero-order valence-electron chi connectivity index (χ0n) is 13.6. The molecule has 1 saturated heterocycles. The summed E-state index contributed by atoms with van der Waals surface area (Å²) < 4.78 is 0. The van der Waals surface area contributed by atoms with E-state index in [2.05, 4.69) is 56.1 Å². The Labute approximate surface area is 124 Å². The SMILES string of the molecule is Cc1ccc(CCC(C)(C)N2CCCNCC2)cc1C. The van der Waals surface area contributed by atoms with E-state index in [1.54, 1.807) is 0 Å². The fourth-order valence-corrected chi connectivity index (χ4v) is 3.02. The standard InChI is InChI=1S/C18H30N2/c1-15-6-7-17(14-16(15)2)8-9-18(3,4)20-12-5-10-19-11-13-20/h6-7,14,19H,5,8-13H2,1-4H3. The van der Waals surface area contributed by atoms with Gasteiger partial charge in [0.25, 0.3) is 0 Å². The van der Waals surface area contributed by atoms with Gasteiger partial charge in [0.05, 0.1) is 0 Å². The molecule has 2 nitrogen and oxygen atoms in total. The van der Waals surface area contributed by atoms with Crippen LogP contribution in [0.1, 0.15) is 43.4 Å². The van der Waals surface area contributed by atoms with Crippen molar-refractivity contribution in [1.29, 1.82) is 0 Å². The molecular formula is C18H30N2. The van der Waals surface area contributed by atoms with Crippen molar-refractivity contribution in [3.8, 4) is 0 Å². The maximum absolute atomic E-state index is 3.50. The van der Waals surface area contributed by atoms with Crippen molar-refractivity contribution in [2.24, 2.45) is 0 Å². The molecule has 0 unspecified atom stereocenters. The molecule has 2 rings (SSSR count). The third kappa shape index (κ3) is 4.07. The van der Waals surface area contributed by atoms with Gasteiger partial charge in [-0.3, -0.25) is 4.90 Å². The smallest absolute Gasteiger partial charge is 0.0156 e. The zero-order valence-corrected chi connectivity index (χ0v) is 13.6. The van der Waals surface area contributed by atoms with E-state index in [-0.39, 0.29) is 0 Å². The van der Waals surface area contributed by atoms with Gasteiger partial charge >= 0.3 is 0 Å². The highest BCUT2D eigenvalue weighted by Crippen LogP contribution is 2.23. The molecule has 0 aliphatic carbocycles. The maximum Gasteiger partial charge on any atom is 0.0156 e. The van der Waals surface area contributed by atoms with E-state index >= 15 is 0 Å². The second-order valence-electron chi connectivity index (χ2n) is 6.82. The average Bonchev–Trinajstić information content (AvgIpc) is 2.70. The monoisotopic (exact) mass is 274 g/mol. The summed E-state index contributed by atoms with van der Waals surface area (Å²) in [5.41, 5.74) is 4.59. The van der Waals surface area contributed by atoms with E-state index in [4.69, 9.17) is 0 Å².